The summed E-state index contributed by atoms with van der Waals surface area (Å²) in [6.07, 6.45) is 1.37. The Morgan fingerprint density at radius 3 is 2.67 bits per heavy atom. The second-order valence-electron chi connectivity index (χ2n) is 6.84. The molecule has 1 aromatic heterocycles. The SMILES string of the molecule is CCOC(=O)c1cnn(C)c1NC(=O)CN1CCN(c2cccc([N+](=O)[O-])c2)CC1. The van der Waals surface area contributed by atoms with Gasteiger partial charge in [0.15, 0.2) is 0 Å². The Balaban J connectivity index is 1.55. The third-order valence-corrected chi connectivity index (χ3v) is 4.84. The highest BCUT2D eigenvalue weighted by Gasteiger charge is 2.23. The van der Waals surface area contributed by atoms with E-state index in [1.807, 2.05) is 11.0 Å². The van der Waals surface area contributed by atoms with Gasteiger partial charge in [-0.1, -0.05) is 6.07 Å². The fraction of sp³-hybridized carbons (Fsp3) is 0.421. The van der Waals surface area contributed by atoms with Crippen LogP contribution >= 0.6 is 0 Å². The van der Waals surface area contributed by atoms with Gasteiger partial charge in [-0.3, -0.25) is 24.5 Å². The summed E-state index contributed by atoms with van der Waals surface area (Å²) < 4.78 is 6.41. The second kappa shape index (κ2) is 9.35. The summed E-state index contributed by atoms with van der Waals surface area (Å²) in [7, 11) is 1.64. The number of nitro benzene ring substituents is 1. The van der Waals surface area contributed by atoms with Gasteiger partial charge in [0, 0.05) is 51.0 Å². The molecule has 11 nitrogen and oxygen atoms in total. The number of aryl methyl sites for hydroxylation is 1. The van der Waals surface area contributed by atoms with Crippen molar-refractivity contribution in [3.05, 3.63) is 46.1 Å². The van der Waals surface area contributed by atoms with Crippen molar-refractivity contribution >= 4 is 29.1 Å². The largest absolute Gasteiger partial charge is 0.462 e. The number of amides is 1. The summed E-state index contributed by atoms with van der Waals surface area (Å²) in [6, 6.07) is 6.53. The Morgan fingerprint density at radius 2 is 2.00 bits per heavy atom. The van der Waals surface area contributed by atoms with Crippen molar-refractivity contribution < 1.29 is 19.2 Å². The number of anilines is 2. The number of esters is 1. The Bertz CT molecular complexity index is 935. The van der Waals surface area contributed by atoms with Gasteiger partial charge in [0.05, 0.1) is 24.3 Å². The highest BCUT2D eigenvalue weighted by Crippen LogP contribution is 2.22. The average molecular weight is 416 g/mol. The fourth-order valence-electron chi connectivity index (χ4n) is 3.29. The molecule has 0 unspecified atom stereocenters. The minimum absolute atomic E-state index is 0.0582. The van der Waals surface area contributed by atoms with Gasteiger partial charge in [-0.15, -0.1) is 0 Å². The standard InChI is InChI=1S/C19H24N6O5/c1-3-30-19(27)16-12-20-22(2)18(16)21-17(26)13-23-7-9-24(10-8-23)14-5-4-6-15(11-14)25(28)29/h4-6,11-12H,3,7-10,13H2,1-2H3,(H,21,26). The summed E-state index contributed by atoms with van der Waals surface area (Å²) in [5.41, 5.74) is 1.06. The number of nitrogens with one attached hydrogen (secondary N) is 1. The van der Waals surface area contributed by atoms with Gasteiger partial charge in [-0.25, -0.2) is 4.79 Å². The number of nitro groups is 1. The summed E-state index contributed by atoms with van der Waals surface area (Å²) in [5.74, 6) is -0.493. The molecule has 2 heterocycles. The number of benzene rings is 1. The van der Waals surface area contributed by atoms with E-state index in [-0.39, 0.29) is 30.3 Å². The van der Waals surface area contributed by atoms with Crippen LogP contribution < -0.4 is 10.2 Å². The monoisotopic (exact) mass is 416 g/mol. The molecule has 0 spiro atoms. The van der Waals surface area contributed by atoms with Gasteiger partial charge in [-0.05, 0) is 13.0 Å². The zero-order valence-electron chi connectivity index (χ0n) is 16.9. The minimum atomic E-state index is -0.536. The van der Waals surface area contributed by atoms with Crippen LogP contribution in [0.1, 0.15) is 17.3 Å². The average Bonchev–Trinajstić information content (AvgIpc) is 3.09. The maximum atomic E-state index is 12.5. The maximum absolute atomic E-state index is 12.5. The minimum Gasteiger partial charge on any atom is -0.462 e. The molecule has 1 aromatic carbocycles. The number of hydrogen-bond acceptors (Lipinski definition) is 8. The zero-order chi connectivity index (χ0) is 21.7. The molecule has 0 saturated carbocycles. The molecular formula is C19H24N6O5. The lowest BCUT2D eigenvalue weighted by atomic mass is 10.2. The van der Waals surface area contributed by atoms with Crippen LogP contribution in [0.5, 0.6) is 0 Å². The Morgan fingerprint density at radius 1 is 1.27 bits per heavy atom. The molecule has 1 aliphatic heterocycles. The number of nitrogens with zero attached hydrogens (tertiary/aromatic N) is 5. The number of piperazine rings is 1. The summed E-state index contributed by atoms with van der Waals surface area (Å²) in [5, 5.41) is 17.7. The Labute approximate surface area is 173 Å². The lowest BCUT2D eigenvalue weighted by Gasteiger charge is -2.35. The van der Waals surface area contributed by atoms with Crippen LogP contribution in [0.3, 0.4) is 0 Å². The van der Waals surface area contributed by atoms with Crippen LogP contribution in [0.15, 0.2) is 30.5 Å². The molecule has 0 atom stereocenters. The first kappa shape index (κ1) is 21.2. The molecule has 1 aliphatic rings. The van der Waals surface area contributed by atoms with Crippen LogP contribution in [0.25, 0.3) is 0 Å². The van der Waals surface area contributed by atoms with E-state index in [1.54, 1.807) is 26.1 Å². The molecule has 1 amide bonds. The number of hydrogen-bond donors (Lipinski definition) is 1. The summed E-state index contributed by atoms with van der Waals surface area (Å²) in [4.78, 5) is 39.1. The smallest absolute Gasteiger partial charge is 0.343 e. The molecule has 0 bridgehead atoms. The van der Waals surface area contributed by atoms with Gasteiger partial charge in [0.1, 0.15) is 11.4 Å². The van der Waals surface area contributed by atoms with E-state index in [9.17, 15) is 19.7 Å². The van der Waals surface area contributed by atoms with Crippen molar-refractivity contribution in [3.8, 4) is 0 Å². The van der Waals surface area contributed by atoms with E-state index in [2.05, 4.69) is 15.3 Å². The first-order chi connectivity index (χ1) is 14.4. The topological polar surface area (TPSA) is 123 Å². The van der Waals surface area contributed by atoms with E-state index in [4.69, 9.17) is 4.74 Å². The maximum Gasteiger partial charge on any atom is 0.343 e. The van der Waals surface area contributed by atoms with Crippen molar-refractivity contribution in [2.45, 2.75) is 6.92 Å². The Hall–Kier alpha value is -3.47. The van der Waals surface area contributed by atoms with Crippen LogP contribution in [-0.2, 0) is 16.6 Å². The molecule has 160 valence electrons. The van der Waals surface area contributed by atoms with Crippen molar-refractivity contribution in [2.75, 3.05) is 49.5 Å². The van der Waals surface area contributed by atoms with E-state index >= 15 is 0 Å². The fourth-order valence-corrected chi connectivity index (χ4v) is 3.29. The van der Waals surface area contributed by atoms with Crippen LogP contribution in [0.2, 0.25) is 0 Å². The molecule has 1 fully saturated rings. The quantitative estimate of drug-likeness (QED) is 0.407. The van der Waals surface area contributed by atoms with Crippen LogP contribution in [-0.4, -0.2) is 70.8 Å². The number of carbonyl (C=O) groups is 2. The van der Waals surface area contributed by atoms with Crippen molar-refractivity contribution in [1.82, 2.24) is 14.7 Å². The molecular weight excluding hydrogens is 392 g/mol. The molecule has 1 saturated heterocycles. The van der Waals surface area contributed by atoms with Gasteiger partial charge in [0.2, 0.25) is 5.91 Å². The summed E-state index contributed by atoms with van der Waals surface area (Å²) >= 11 is 0. The van der Waals surface area contributed by atoms with E-state index in [0.29, 0.717) is 32.0 Å². The predicted molar refractivity (Wildman–Crippen MR) is 110 cm³/mol. The van der Waals surface area contributed by atoms with E-state index < -0.39 is 10.9 Å². The highest BCUT2D eigenvalue weighted by atomic mass is 16.6. The third kappa shape index (κ3) is 4.92. The van der Waals surface area contributed by atoms with Crippen molar-refractivity contribution in [3.63, 3.8) is 0 Å². The number of rotatable bonds is 7. The molecule has 3 rings (SSSR count). The van der Waals surface area contributed by atoms with E-state index in [1.165, 1.54) is 16.9 Å². The lowest BCUT2D eigenvalue weighted by Crippen LogP contribution is -2.48. The number of ether oxygens (including phenoxy) is 1. The van der Waals surface area contributed by atoms with Gasteiger partial charge in [0.25, 0.3) is 5.69 Å². The van der Waals surface area contributed by atoms with Gasteiger partial charge >= 0.3 is 5.97 Å². The van der Waals surface area contributed by atoms with E-state index in [0.717, 1.165) is 5.69 Å². The molecule has 0 aliphatic carbocycles. The highest BCUT2D eigenvalue weighted by molar-refractivity contribution is 6.00. The first-order valence-corrected chi connectivity index (χ1v) is 9.59. The Kier molecular flexibility index (Phi) is 6.62. The summed E-state index contributed by atoms with van der Waals surface area (Å²) in [6.45, 7) is 4.66. The third-order valence-electron chi connectivity index (χ3n) is 4.84. The molecule has 0 radical (unpaired) electrons. The normalized spacial score (nSPS) is 14.4. The molecule has 1 N–H and O–H groups in total. The second-order valence-corrected chi connectivity index (χ2v) is 6.84. The zero-order valence-corrected chi connectivity index (χ0v) is 16.9. The van der Waals surface area contributed by atoms with Gasteiger partial charge < -0.3 is 15.0 Å². The van der Waals surface area contributed by atoms with Gasteiger partial charge in [-0.2, -0.15) is 5.10 Å². The number of carbonyl (C=O) groups excluding carboxylic acids is 2. The molecule has 2 aromatic rings. The van der Waals surface area contributed by atoms with Crippen LogP contribution in [0.4, 0.5) is 17.2 Å². The predicted octanol–water partition coefficient (Wildman–Crippen LogP) is 1.27. The lowest BCUT2D eigenvalue weighted by molar-refractivity contribution is -0.384. The van der Waals surface area contributed by atoms with Crippen molar-refractivity contribution in [2.24, 2.45) is 7.05 Å². The molecule has 11 heteroatoms. The molecule has 30 heavy (non-hydrogen) atoms. The first-order valence-electron chi connectivity index (χ1n) is 9.59. The van der Waals surface area contributed by atoms with Crippen LogP contribution in [0, 0.1) is 10.1 Å². The number of aromatic nitrogens is 2. The van der Waals surface area contributed by atoms with Crippen molar-refractivity contribution in [1.29, 1.82) is 0 Å². The number of non-ortho nitro benzene ring substituents is 1.